The molecule has 0 amide bonds. The van der Waals surface area contributed by atoms with Gasteiger partial charge >= 0.3 is 0 Å². The molecule has 2 heterocycles. The van der Waals surface area contributed by atoms with E-state index in [-0.39, 0.29) is 24.0 Å². The highest BCUT2D eigenvalue weighted by atomic mass is 127. The second-order valence-electron chi connectivity index (χ2n) is 8.82. The van der Waals surface area contributed by atoms with Gasteiger partial charge in [-0.25, -0.2) is 0 Å². The summed E-state index contributed by atoms with van der Waals surface area (Å²) >= 11 is 0. The molecule has 7 heteroatoms. The molecule has 3 rings (SSSR count). The average molecular weight is 502 g/mol. The molecule has 0 saturated heterocycles. The third-order valence-electron chi connectivity index (χ3n) is 6.00. The molecule has 2 aliphatic rings. The van der Waals surface area contributed by atoms with Gasteiger partial charge in [0.1, 0.15) is 11.6 Å². The van der Waals surface area contributed by atoms with E-state index >= 15 is 0 Å². The molecule has 160 valence electrons. The van der Waals surface area contributed by atoms with Gasteiger partial charge < -0.3 is 15.2 Å². The summed E-state index contributed by atoms with van der Waals surface area (Å²) in [6.07, 6.45) is 11.1. The summed E-state index contributed by atoms with van der Waals surface area (Å²) < 4.78 is 2.34. The first-order valence-corrected chi connectivity index (χ1v) is 11.0. The molecule has 0 radical (unpaired) electrons. The summed E-state index contributed by atoms with van der Waals surface area (Å²) in [5.41, 5.74) is 0.445. The van der Waals surface area contributed by atoms with Gasteiger partial charge in [-0.3, -0.25) is 4.99 Å². The number of rotatable bonds is 8. The first-order valence-electron chi connectivity index (χ1n) is 11.0. The predicted molar refractivity (Wildman–Crippen MR) is 126 cm³/mol. The van der Waals surface area contributed by atoms with E-state index in [0.717, 1.165) is 56.7 Å². The van der Waals surface area contributed by atoms with Gasteiger partial charge in [0.2, 0.25) is 0 Å². The van der Waals surface area contributed by atoms with Gasteiger partial charge in [-0.15, -0.1) is 34.2 Å². The Hall–Kier alpha value is -0.860. The Morgan fingerprint density at radius 1 is 1.14 bits per heavy atom. The quantitative estimate of drug-likeness (QED) is 0.321. The minimum absolute atomic E-state index is 0. The Kier molecular flexibility index (Phi) is 9.50. The minimum Gasteiger partial charge on any atom is -0.357 e. The van der Waals surface area contributed by atoms with Gasteiger partial charge in [-0.2, -0.15) is 0 Å². The normalized spacial score (nSPS) is 18.6. The number of nitrogens with zero attached hydrogens (tertiary/aromatic N) is 4. The van der Waals surface area contributed by atoms with Gasteiger partial charge in [0.05, 0.1) is 0 Å². The summed E-state index contributed by atoms with van der Waals surface area (Å²) in [5, 5.41) is 15.8. The summed E-state index contributed by atoms with van der Waals surface area (Å²) in [6.45, 7) is 10.5. The largest absolute Gasteiger partial charge is 0.357 e. The van der Waals surface area contributed by atoms with Crippen molar-refractivity contribution in [1.82, 2.24) is 25.4 Å². The zero-order chi connectivity index (χ0) is 19.1. The summed E-state index contributed by atoms with van der Waals surface area (Å²) in [7, 11) is 0. The number of aliphatic imine (C=N–C) groups is 1. The van der Waals surface area contributed by atoms with Crippen molar-refractivity contribution in [3.63, 3.8) is 0 Å². The average Bonchev–Trinajstić information content (AvgIpc) is 2.83. The standard InChI is InChI=1S/C21H38N6.HI/c1-4-22-20(24-16-21(11-8-12-21)15-17(2)3)23-13-10-19-26-25-18-9-6-5-7-14-27(18)19;/h17H,4-16H2,1-3H3,(H2,22,23,24);1H. The molecule has 2 N–H and O–H groups in total. The fourth-order valence-corrected chi connectivity index (χ4v) is 4.58. The van der Waals surface area contributed by atoms with E-state index in [1.165, 1.54) is 50.8 Å². The lowest BCUT2D eigenvalue weighted by molar-refractivity contribution is 0.111. The summed E-state index contributed by atoms with van der Waals surface area (Å²) in [6, 6.07) is 0. The van der Waals surface area contributed by atoms with E-state index in [1.807, 2.05) is 0 Å². The number of fused-ring (bicyclic) bond motifs is 1. The molecule has 0 unspecified atom stereocenters. The van der Waals surface area contributed by atoms with E-state index in [9.17, 15) is 0 Å². The minimum atomic E-state index is 0. The van der Waals surface area contributed by atoms with Crippen molar-refractivity contribution in [2.24, 2.45) is 16.3 Å². The van der Waals surface area contributed by atoms with Gasteiger partial charge in [0.15, 0.2) is 5.96 Å². The molecule has 1 aromatic heterocycles. The lowest BCUT2D eigenvalue weighted by atomic mass is 9.64. The molecule has 1 aliphatic heterocycles. The zero-order valence-electron chi connectivity index (χ0n) is 18.0. The highest BCUT2D eigenvalue weighted by Gasteiger charge is 2.37. The molecule has 1 saturated carbocycles. The highest BCUT2D eigenvalue weighted by Crippen LogP contribution is 2.46. The summed E-state index contributed by atoms with van der Waals surface area (Å²) in [4.78, 5) is 4.93. The van der Waals surface area contributed by atoms with Crippen molar-refractivity contribution >= 4 is 29.9 Å². The van der Waals surface area contributed by atoms with E-state index in [4.69, 9.17) is 4.99 Å². The van der Waals surface area contributed by atoms with Crippen LogP contribution in [-0.2, 0) is 19.4 Å². The molecular formula is C21H39IN6. The number of nitrogens with one attached hydrogen (secondary N) is 2. The summed E-state index contributed by atoms with van der Waals surface area (Å²) in [5.74, 6) is 3.98. The fraction of sp³-hybridized carbons (Fsp3) is 0.857. The van der Waals surface area contributed by atoms with E-state index in [2.05, 4.69) is 46.2 Å². The second-order valence-corrected chi connectivity index (χ2v) is 8.82. The first kappa shape index (κ1) is 23.4. The van der Waals surface area contributed by atoms with Crippen LogP contribution in [0.1, 0.15) is 77.4 Å². The number of hydrogen-bond donors (Lipinski definition) is 2. The number of hydrogen-bond acceptors (Lipinski definition) is 3. The Morgan fingerprint density at radius 2 is 1.96 bits per heavy atom. The molecule has 0 bridgehead atoms. The Labute approximate surface area is 187 Å². The zero-order valence-corrected chi connectivity index (χ0v) is 20.3. The van der Waals surface area contributed by atoms with E-state index in [0.29, 0.717) is 5.41 Å². The number of aryl methyl sites for hydroxylation is 1. The van der Waals surface area contributed by atoms with E-state index < -0.39 is 0 Å². The van der Waals surface area contributed by atoms with Gasteiger partial charge in [0.25, 0.3) is 0 Å². The third-order valence-corrected chi connectivity index (χ3v) is 6.00. The van der Waals surface area contributed by atoms with Crippen molar-refractivity contribution in [3.8, 4) is 0 Å². The van der Waals surface area contributed by atoms with Crippen LogP contribution in [0.15, 0.2) is 4.99 Å². The number of halogens is 1. The van der Waals surface area contributed by atoms with Crippen LogP contribution < -0.4 is 10.6 Å². The Morgan fingerprint density at radius 3 is 2.64 bits per heavy atom. The van der Waals surface area contributed by atoms with Crippen LogP contribution in [0.25, 0.3) is 0 Å². The number of aromatic nitrogens is 3. The van der Waals surface area contributed by atoms with Crippen molar-refractivity contribution in [3.05, 3.63) is 11.6 Å². The Bertz CT molecular complexity index is 620. The highest BCUT2D eigenvalue weighted by molar-refractivity contribution is 14.0. The maximum absolute atomic E-state index is 4.93. The first-order chi connectivity index (χ1) is 13.1. The van der Waals surface area contributed by atoms with Crippen LogP contribution in [0.3, 0.4) is 0 Å². The van der Waals surface area contributed by atoms with Gasteiger partial charge in [0, 0.05) is 39.0 Å². The van der Waals surface area contributed by atoms with Crippen LogP contribution >= 0.6 is 24.0 Å². The molecule has 0 spiro atoms. The van der Waals surface area contributed by atoms with Gasteiger partial charge in [-0.05, 0) is 50.4 Å². The predicted octanol–water partition coefficient (Wildman–Crippen LogP) is 3.94. The molecule has 6 nitrogen and oxygen atoms in total. The van der Waals surface area contributed by atoms with Crippen molar-refractivity contribution in [2.75, 3.05) is 19.6 Å². The molecule has 1 aromatic rings. The third kappa shape index (κ3) is 6.32. The second kappa shape index (κ2) is 11.4. The SMILES string of the molecule is CCNC(=NCC1(CC(C)C)CCC1)NCCc1nnc2n1CCCCC2.I. The van der Waals surface area contributed by atoms with Crippen LogP contribution in [-0.4, -0.2) is 40.4 Å². The van der Waals surface area contributed by atoms with Gasteiger partial charge in [-0.1, -0.05) is 26.7 Å². The maximum atomic E-state index is 4.93. The maximum Gasteiger partial charge on any atom is 0.191 e. The van der Waals surface area contributed by atoms with Crippen LogP contribution in [0.4, 0.5) is 0 Å². The molecular weight excluding hydrogens is 463 g/mol. The monoisotopic (exact) mass is 502 g/mol. The topological polar surface area (TPSA) is 67.1 Å². The molecule has 1 aliphatic carbocycles. The van der Waals surface area contributed by atoms with Crippen LogP contribution in [0.5, 0.6) is 0 Å². The van der Waals surface area contributed by atoms with Crippen LogP contribution in [0, 0.1) is 11.3 Å². The number of guanidine groups is 1. The van der Waals surface area contributed by atoms with Crippen molar-refractivity contribution < 1.29 is 0 Å². The lowest BCUT2D eigenvalue weighted by Gasteiger charge is -2.42. The smallest absolute Gasteiger partial charge is 0.191 e. The van der Waals surface area contributed by atoms with Crippen LogP contribution in [0.2, 0.25) is 0 Å². The fourth-order valence-electron chi connectivity index (χ4n) is 4.58. The molecule has 0 aromatic carbocycles. The molecule has 1 fully saturated rings. The molecule has 0 atom stereocenters. The van der Waals surface area contributed by atoms with Crippen molar-refractivity contribution in [1.29, 1.82) is 0 Å². The van der Waals surface area contributed by atoms with Crippen molar-refractivity contribution in [2.45, 2.75) is 85.1 Å². The molecule has 28 heavy (non-hydrogen) atoms. The Balaban J connectivity index is 0.00000280. The lowest BCUT2D eigenvalue weighted by Crippen LogP contribution is -2.41. The van der Waals surface area contributed by atoms with E-state index in [1.54, 1.807) is 0 Å².